The van der Waals surface area contributed by atoms with Crippen LogP contribution >= 0.6 is 0 Å². The molecule has 0 aromatic heterocycles. The first-order chi connectivity index (χ1) is 12.1. The molecule has 0 saturated heterocycles. The van der Waals surface area contributed by atoms with Crippen LogP contribution < -0.4 is 20.5 Å². The minimum atomic E-state index is -1.02. The first kappa shape index (κ1) is 18.6. The monoisotopic (exact) mass is 346 g/mol. The molecule has 0 fully saturated rings. The molecule has 25 heavy (non-hydrogen) atoms. The van der Waals surface area contributed by atoms with E-state index in [9.17, 15) is 9.90 Å². The summed E-state index contributed by atoms with van der Waals surface area (Å²) in [5.41, 5.74) is 7.09. The molecule has 0 heterocycles. The summed E-state index contributed by atoms with van der Waals surface area (Å²) in [7, 11) is 0. The van der Waals surface area contributed by atoms with E-state index in [0.29, 0.717) is 42.4 Å². The largest absolute Gasteiger partial charge is 0.492 e. The van der Waals surface area contributed by atoms with Crippen LogP contribution in [0.25, 0.3) is 0 Å². The SMILES string of the molecule is Nc1ccccc1C(O)CNCCOc1ccc(OCC(=O)O)cc1. The quantitative estimate of drug-likeness (QED) is 0.380. The molecule has 7 nitrogen and oxygen atoms in total. The summed E-state index contributed by atoms with van der Waals surface area (Å²) in [4.78, 5) is 10.4. The predicted octanol–water partition coefficient (Wildman–Crippen LogP) is 1.43. The predicted molar refractivity (Wildman–Crippen MR) is 93.8 cm³/mol. The number of benzene rings is 2. The van der Waals surface area contributed by atoms with Crippen molar-refractivity contribution in [3.8, 4) is 11.5 Å². The van der Waals surface area contributed by atoms with Gasteiger partial charge in [-0.3, -0.25) is 0 Å². The number of anilines is 1. The third-order valence-corrected chi connectivity index (χ3v) is 3.43. The molecular formula is C18H22N2O5. The Bertz CT molecular complexity index is 675. The van der Waals surface area contributed by atoms with Crippen molar-refractivity contribution in [3.63, 3.8) is 0 Å². The molecule has 134 valence electrons. The van der Waals surface area contributed by atoms with Crippen LogP contribution in [0.1, 0.15) is 11.7 Å². The Labute approximate surface area is 146 Å². The van der Waals surface area contributed by atoms with Gasteiger partial charge in [0.05, 0.1) is 6.10 Å². The van der Waals surface area contributed by atoms with Gasteiger partial charge in [0.1, 0.15) is 18.1 Å². The molecule has 0 bridgehead atoms. The molecule has 1 unspecified atom stereocenters. The molecule has 0 radical (unpaired) electrons. The number of hydrogen-bond donors (Lipinski definition) is 4. The number of carboxylic acids is 1. The second kappa shape index (κ2) is 9.51. The van der Waals surface area contributed by atoms with Gasteiger partial charge in [-0.05, 0) is 30.3 Å². The minimum absolute atomic E-state index is 0.375. The number of aliphatic hydroxyl groups excluding tert-OH is 1. The van der Waals surface area contributed by atoms with E-state index in [1.165, 1.54) is 0 Å². The fourth-order valence-electron chi connectivity index (χ4n) is 2.18. The van der Waals surface area contributed by atoms with Crippen LogP contribution in [0.4, 0.5) is 5.69 Å². The summed E-state index contributed by atoms with van der Waals surface area (Å²) in [5.74, 6) is 0.0969. The highest BCUT2D eigenvalue weighted by molar-refractivity contribution is 5.68. The fraction of sp³-hybridized carbons (Fsp3) is 0.278. The summed E-state index contributed by atoms with van der Waals surface area (Å²) in [5, 5.41) is 21.7. The van der Waals surface area contributed by atoms with Crippen molar-refractivity contribution in [2.75, 3.05) is 32.0 Å². The zero-order valence-corrected chi connectivity index (χ0v) is 13.7. The van der Waals surface area contributed by atoms with Crippen LogP contribution in [0.3, 0.4) is 0 Å². The third-order valence-electron chi connectivity index (χ3n) is 3.43. The molecule has 5 N–H and O–H groups in total. The zero-order valence-electron chi connectivity index (χ0n) is 13.7. The lowest BCUT2D eigenvalue weighted by Gasteiger charge is -2.14. The van der Waals surface area contributed by atoms with Crippen molar-refractivity contribution in [1.29, 1.82) is 0 Å². The number of ether oxygens (including phenoxy) is 2. The van der Waals surface area contributed by atoms with Gasteiger partial charge in [0.25, 0.3) is 0 Å². The standard InChI is InChI=1S/C18H22N2O5/c19-16-4-2-1-3-15(16)17(21)11-20-9-10-24-13-5-7-14(8-6-13)25-12-18(22)23/h1-8,17,20-21H,9-12,19H2,(H,22,23). The lowest BCUT2D eigenvalue weighted by molar-refractivity contribution is -0.139. The van der Waals surface area contributed by atoms with Gasteiger partial charge < -0.3 is 30.7 Å². The molecule has 2 rings (SSSR count). The van der Waals surface area contributed by atoms with Gasteiger partial charge in [-0.15, -0.1) is 0 Å². The summed E-state index contributed by atoms with van der Waals surface area (Å²) >= 11 is 0. The maximum absolute atomic E-state index is 10.4. The third kappa shape index (κ3) is 6.33. The van der Waals surface area contributed by atoms with E-state index in [1.54, 1.807) is 36.4 Å². The second-order valence-corrected chi connectivity index (χ2v) is 5.35. The van der Waals surface area contributed by atoms with Crippen molar-refractivity contribution >= 4 is 11.7 Å². The number of nitrogens with one attached hydrogen (secondary N) is 1. The molecule has 2 aromatic rings. The van der Waals surface area contributed by atoms with Crippen LogP contribution in [-0.2, 0) is 4.79 Å². The number of carboxylic acid groups (broad SMARTS) is 1. The maximum atomic E-state index is 10.4. The van der Waals surface area contributed by atoms with Gasteiger partial charge in [-0.25, -0.2) is 4.79 Å². The first-order valence-electron chi connectivity index (χ1n) is 7.87. The van der Waals surface area contributed by atoms with Gasteiger partial charge in [0.2, 0.25) is 0 Å². The fourth-order valence-corrected chi connectivity index (χ4v) is 2.18. The Morgan fingerprint density at radius 3 is 2.36 bits per heavy atom. The van der Waals surface area contributed by atoms with E-state index in [4.69, 9.17) is 20.3 Å². The Morgan fingerprint density at radius 1 is 1.08 bits per heavy atom. The summed E-state index contributed by atoms with van der Waals surface area (Å²) in [6.07, 6.45) is -0.674. The normalized spacial score (nSPS) is 11.7. The van der Waals surface area contributed by atoms with Crippen molar-refractivity contribution in [2.24, 2.45) is 0 Å². The molecular weight excluding hydrogens is 324 g/mol. The number of nitrogens with two attached hydrogens (primary N) is 1. The first-order valence-corrected chi connectivity index (χ1v) is 7.87. The Kier molecular flexibility index (Phi) is 7.06. The molecule has 0 aliphatic carbocycles. The second-order valence-electron chi connectivity index (χ2n) is 5.35. The molecule has 0 aliphatic rings. The average Bonchev–Trinajstić information content (AvgIpc) is 2.61. The average molecular weight is 346 g/mol. The molecule has 2 aromatic carbocycles. The number of rotatable bonds is 10. The molecule has 0 saturated carbocycles. The van der Waals surface area contributed by atoms with E-state index in [2.05, 4.69) is 5.32 Å². The Hall–Kier alpha value is -2.77. The zero-order chi connectivity index (χ0) is 18.1. The summed E-state index contributed by atoms with van der Waals surface area (Å²) in [6, 6.07) is 13.9. The van der Waals surface area contributed by atoms with E-state index < -0.39 is 12.1 Å². The van der Waals surface area contributed by atoms with Crippen LogP contribution in [0.15, 0.2) is 48.5 Å². The lowest BCUT2D eigenvalue weighted by Crippen LogP contribution is -2.26. The Morgan fingerprint density at radius 2 is 1.72 bits per heavy atom. The number of para-hydroxylation sites is 1. The van der Waals surface area contributed by atoms with E-state index in [1.807, 2.05) is 12.1 Å². The number of hydrogen-bond acceptors (Lipinski definition) is 6. The van der Waals surface area contributed by atoms with Crippen molar-refractivity contribution in [2.45, 2.75) is 6.10 Å². The van der Waals surface area contributed by atoms with Gasteiger partial charge in [0, 0.05) is 24.3 Å². The molecule has 0 amide bonds. The number of aliphatic carboxylic acids is 1. The highest BCUT2D eigenvalue weighted by Gasteiger charge is 2.09. The molecule has 1 atom stereocenters. The van der Waals surface area contributed by atoms with Gasteiger partial charge in [-0.1, -0.05) is 18.2 Å². The van der Waals surface area contributed by atoms with Crippen LogP contribution in [0, 0.1) is 0 Å². The van der Waals surface area contributed by atoms with Gasteiger partial charge in [0.15, 0.2) is 6.61 Å². The maximum Gasteiger partial charge on any atom is 0.341 e. The minimum Gasteiger partial charge on any atom is -0.492 e. The van der Waals surface area contributed by atoms with Crippen LogP contribution in [0.5, 0.6) is 11.5 Å². The van der Waals surface area contributed by atoms with E-state index >= 15 is 0 Å². The summed E-state index contributed by atoms with van der Waals surface area (Å²) < 4.78 is 10.6. The van der Waals surface area contributed by atoms with Crippen molar-refractivity contribution < 1.29 is 24.5 Å². The summed E-state index contributed by atoms with van der Waals surface area (Å²) in [6.45, 7) is 0.977. The smallest absolute Gasteiger partial charge is 0.341 e. The van der Waals surface area contributed by atoms with E-state index in [0.717, 1.165) is 0 Å². The van der Waals surface area contributed by atoms with E-state index in [-0.39, 0.29) is 6.61 Å². The number of aliphatic hydroxyl groups is 1. The molecule has 0 spiro atoms. The highest BCUT2D eigenvalue weighted by atomic mass is 16.5. The topological polar surface area (TPSA) is 114 Å². The van der Waals surface area contributed by atoms with Crippen LogP contribution in [0.2, 0.25) is 0 Å². The van der Waals surface area contributed by atoms with Crippen LogP contribution in [-0.4, -0.2) is 42.5 Å². The lowest BCUT2D eigenvalue weighted by atomic mass is 10.1. The van der Waals surface area contributed by atoms with Gasteiger partial charge in [-0.2, -0.15) is 0 Å². The Balaban J connectivity index is 1.66. The number of carbonyl (C=O) groups is 1. The number of nitrogen functional groups attached to an aromatic ring is 1. The highest BCUT2D eigenvalue weighted by Crippen LogP contribution is 2.19. The van der Waals surface area contributed by atoms with Crippen molar-refractivity contribution in [1.82, 2.24) is 5.32 Å². The molecule has 0 aliphatic heterocycles. The molecule has 7 heteroatoms. The van der Waals surface area contributed by atoms with Crippen molar-refractivity contribution in [3.05, 3.63) is 54.1 Å². The van der Waals surface area contributed by atoms with Gasteiger partial charge >= 0.3 is 5.97 Å².